The number of anilines is 1. The molecule has 0 spiro atoms. The van der Waals surface area contributed by atoms with Crippen molar-refractivity contribution in [2.45, 2.75) is 26.8 Å². The first-order valence-corrected chi connectivity index (χ1v) is 6.98. The minimum Gasteiger partial charge on any atom is -0.397 e. The van der Waals surface area contributed by atoms with Crippen LogP contribution in [0.4, 0.5) is 5.69 Å². The lowest BCUT2D eigenvalue weighted by atomic mass is 10.1. The van der Waals surface area contributed by atoms with E-state index in [9.17, 15) is 4.79 Å². The molecule has 0 saturated carbocycles. The van der Waals surface area contributed by atoms with Crippen molar-refractivity contribution >= 4 is 11.6 Å². The number of hydrogen-bond donors (Lipinski definition) is 1. The molecular weight excluding hydrogens is 242 g/mol. The fourth-order valence-corrected chi connectivity index (χ4v) is 2.53. The molecule has 0 aliphatic carbocycles. The Kier molecular flexibility index (Phi) is 4.47. The predicted molar refractivity (Wildman–Crippen MR) is 75.0 cm³/mol. The SMILES string of the molecule is CCN(CC1CCOC1)C(=O)c1cc(N)cn1CC. The van der Waals surface area contributed by atoms with Gasteiger partial charge >= 0.3 is 0 Å². The van der Waals surface area contributed by atoms with Crippen LogP contribution in [0, 0.1) is 5.92 Å². The van der Waals surface area contributed by atoms with Crippen molar-refractivity contribution in [1.29, 1.82) is 0 Å². The molecule has 5 nitrogen and oxygen atoms in total. The first-order valence-electron chi connectivity index (χ1n) is 6.98. The van der Waals surface area contributed by atoms with Crippen LogP contribution in [0.15, 0.2) is 12.3 Å². The van der Waals surface area contributed by atoms with E-state index in [0.29, 0.717) is 23.8 Å². The Bertz CT molecular complexity index is 436. The van der Waals surface area contributed by atoms with E-state index in [2.05, 4.69) is 0 Å². The first kappa shape index (κ1) is 13.9. The largest absolute Gasteiger partial charge is 0.397 e. The normalized spacial score (nSPS) is 18.7. The Labute approximate surface area is 114 Å². The molecule has 1 aromatic heterocycles. The van der Waals surface area contributed by atoms with Crippen LogP contribution in [0.25, 0.3) is 0 Å². The molecule has 0 radical (unpaired) electrons. The van der Waals surface area contributed by atoms with Crippen LogP contribution in [-0.4, -0.2) is 41.7 Å². The lowest BCUT2D eigenvalue weighted by Crippen LogP contribution is -2.36. The van der Waals surface area contributed by atoms with Gasteiger partial charge in [0, 0.05) is 38.4 Å². The van der Waals surface area contributed by atoms with Crippen LogP contribution in [0.5, 0.6) is 0 Å². The fourth-order valence-electron chi connectivity index (χ4n) is 2.53. The van der Waals surface area contributed by atoms with E-state index in [1.165, 1.54) is 0 Å². The maximum absolute atomic E-state index is 12.6. The van der Waals surface area contributed by atoms with Gasteiger partial charge < -0.3 is 19.9 Å². The Morgan fingerprint density at radius 2 is 2.37 bits per heavy atom. The number of amides is 1. The Morgan fingerprint density at radius 3 is 2.95 bits per heavy atom. The number of carbonyl (C=O) groups is 1. The zero-order valence-electron chi connectivity index (χ0n) is 11.8. The van der Waals surface area contributed by atoms with Crippen molar-refractivity contribution < 1.29 is 9.53 Å². The third kappa shape index (κ3) is 3.10. The number of nitrogen functional groups attached to an aromatic ring is 1. The molecule has 1 amide bonds. The summed E-state index contributed by atoms with van der Waals surface area (Å²) < 4.78 is 7.28. The molecule has 0 aromatic carbocycles. The second-order valence-corrected chi connectivity index (χ2v) is 5.02. The summed E-state index contributed by atoms with van der Waals surface area (Å²) in [5.41, 5.74) is 7.11. The van der Waals surface area contributed by atoms with Gasteiger partial charge in [0.05, 0.1) is 12.3 Å². The van der Waals surface area contributed by atoms with Crippen LogP contribution in [0.1, 0.15) is 30.8 Å². The van der Waals surface area contributed by atoms with Gasteiger partial charge in [0.2, 0.25) is 0 Å². The van der Waals surface area contributed by atoms with E-state index >= 15 is 0 Å². The van der Waals surface area contributed by atoms with Crippen molar-refractivity contribution in [2.24, 2.45) is 5.92 Å². The zero-order valence-corrected chi connectivity index (χ0v) is 11.8. The van der Waals surface area contributed by atoms with Gasteiger partial charge in [0.25, 0.3) is 5.91 Å². The summed E-state index contributed by atoms with van der Waals surface area (Å²) in [5, 5.41) is 0. The summed E-state index contributed by atoms with van der Waals surface area (Å²) in [5.74, 6) is 0.527. The second-order valence-electron chi connectivity index (χ2n) is 5.02. The summed E-state index contributed by atoms with van der Waals surface area (Å²) in [4.78, 5) is 14.5. The predicted octanol–water partition coefficient (Wildman–Crippen LogP) is 1.59. The monoisotopic (exact) mass is 265 g/mol. The number of nitrogens with zero attached hydrogens (tertiary/aromatic N) is 2. The highest BCUT2D eigenvalue weighted by Crippen LogP contribution is 2.17. The molecule has 1 aromatic rings. The minimum atomic E-state index is 0.0629. The number of nitrogens with two attached hydrogens (primary N) is 1. The van der Waals surface area contributed by atoms with E-state index in [1.54, 1.807) is 6.07 Å². The minimum absolute atomic E-state index is 0.0629. The quantitative estimate of drug-likeness (QED) is 0.879. The molecule has 0 bridgehead atoms. The van der Waals surface area contributed by atoms with Crippen LogP contribution in [-0.2, 0) is 11.3 Å². The summed E-state index contributed by atoms with van der Waals surface area (Å²) in [6.07, 6.45) is 2.86. The van der Waals surface area contributed by atoms with E-state index in [1.807, 2.05) is 29.5 Å². The number of hydrogen-bond acceptors (Lipinski definition) is 3. The number of carbonyl (C=O) groups excluding carboxylic acids is 1. The van der Waals surface area contributed by atoms with Crippen LogP contribution >= 0.6 is 0 Å². The van der Waals surface area contributed by atoms with Crippen LogP contribution in [0.3, 0.4) is 0 Å². The molecule has 106 valence electrons. The van der Waals surface area contributed by atoms with Crippen LogP contribution in [0.2, 0.25) is 0 Å². The summed E-state index contributed by atoms with van der Waals surface area (Å²) in [6.45, 7) is 7.83. The summed E-state index contributed by atoms with van der Waals surface area (Å²) >= 11 is 0. The smallest absolute Gasteiger partial charge is 0.270 e. The Hall–Kier alpha value is -1.49. The second kappa shape index (κ2) is 6.10. The van der Waals surface area contributed by atoms with Gasteiger partial charge in [-0.25, -0.2) is 0 Å². The maximum atomic E-state index is 12.6. The van der Waals surface area contributed by atoms with E-state index < -0.39 is 0 Å². The van der Waals surface area contributed by atoms with Crippen molar-refractivity contribution in [3.8, 4) is 0 Å². The van der Waals surface area contributed by atoms with E-state index in [4.69, 9.17) is 10.5 Å². The molecule has 2 heterocycles. The lowest BCUT2D eigenvalue weighted by Gasteiger charge is -2.24. The molecule has 1 aliphatic rings. The van der Waals surface area contributed by atoms with E-state index in [0.717, 1.165) is 32.7 Å². The molecule has 1 saturated heterocycles. The van der Waals surface area contributed by atoms with Crippen molar-refractivity contribution in [1.82, 2.24) is 9.47 Å². The average molecular weight is 265 g/mol. The van der Waals surface area contributed by atoms with Crippen molar-refractivity contribution in [3.05, 3.63) is 18.0 Å². The number of aryl methyl sites for hydroxylation is 1. The van der Waals surface area contributed by atoms with Gasteiger partial charge in [-0.1, -0.05) is 0 Å². The molecule has 1 atom stereocenters. The Balaban J connectivity index is 2.10. The topological polar surface area (TPSA) is 60.5 Å². The van der Waals surface area contributed by atoms with Crippen LogP contribution < -0.4 is 5.73 Å². The zero-order chi connectivity index (χ0) is 13.8. The highest BCUT2D eigenvalue weighted by molar-refractivity contribution is 5.93. The first-order chi connectivity index (χ1) is 9.15. The molecular formula is C14H23N3O2. The molecule has 19 heavy (non-hydrogen) atoms. The lowest BCUT2D eigenvalue weighted by molar-refractivity contribution is 0.0720. The molecule has 1 aliphatic heterocycles. The average Bonchev–Trinajstić information content (AvgIpc) is 3.04. The molecule has 2 rings (SSSR count). The fraction of sp³-hybridized carbons (Fsp3) is 0.643. The molecule has 5 heteroatoms. The van der Waals surface area contributed by atoms with Gasteiger partial charge in [-0.3, -0.25) is 4.79 Å². The highest BCUT2D eigenvalue weighted by atomic mass is 16.5. The van der Waals surface area contributed by atoms with Gasteiger partial charge in [0.1, 0.15) is 5.69 Å². The van der Waals surface area contributed by atoms with Gasteiger partial charge in [0.15, 0.2) is 0 Å². The summed E-state index contributed by atoms with van der Waals surface area (Å²) in [7, 11) is 0. The van der Waals surface area contributed by atoms with Gasteiger partial charge in [-0.2, -0.15) is 0 Å². The Morgan fingerprint density at radius 1 is 1.58 bits per heavy atom. The number of aromatic nitrogens is 1. The highest BCUT2D eigenvalue weighted by Gasteiger charge is 2.24. The standard InChI is InChI=1S/C14H23N3O2/c1-3-16-9-12(15)7-13(16)14(18)17(4-2)8-11-5-6-19-10-11/h7,9,11H,3-6,8,10,15H2,1-2H3. The van der Waals surface area contributed by atoms with Crippen molar-refractivity contribution in [3.63, 3.8) is 0 Å². The number of rotatable bonds is 5. The van der Waals surface area contributed by atoms with Gasteiger partial charge in [-0.15, -0.1) is 0 Å². The molecule has 1 fully saturated rings. The van der Waals surface area contributed by atoms with Gasteiger partial charge in [-0.05, 0) is 26.3 Å². The maximum Gasteiger partial charge on any atom is 0.270 e. The molecule has 1 unspecified atom stereocenters. The van der Waals surface area contributed by atoms with Crippen molar-refractivity contribution in [2.75, 3.05) is 32.0 Å². The molecule has 2 N–H and O–H groups in total. The third-order valence-corrected chi connectivity index (χ3v) is 3.65. The van der Waals surface area contributed by atoms with E-state index in [-0.39, 0.29) is 5.91 Å². The third-order valence-electron chi connectivity index (χ3n) is 3.65. The number of ether oxygens (including phenoxy) is 1. The summed E-state index contributed by atoms with van der Waals surface area (Å²) in [6, 6.07) is 1.76.